The minimum absolute atomic E-state index is 0.0713. The van der Waals surface area contributed by atoms with E-state index in [1.807, 2.05) is 7.05 Å². The van der Waals surface area contributed by atoms with E-state index in [2.05, 4.69) is 57.3 Å². The lowest BCUT2D eigenvalue weighted by atomic mass is 10.00. The summed E-state index contributed by atoms with van der Waals surface area (Å²) in [5.74, 6) is 0.553. The van der Waals surface area contributed by atoms with Gasteiger partial charge in [0.05, 0.1) is 12.2 Å². The fourth-order valence-electron chi connectivity index (χ4n) is 1.67. The Morgan fingerprint density at radius 3 is 2.24 bits per heavy atom. The van der Waals surface area contributed by atoms with Gasteiger partial charge in [0.25, 0.3) is 0 Å². The molecule has 0 aliphatic rings. The van der Waals surface area contributed by atoms with Crippen molar-refractivity contribution in [3.8, 4) is 0 Å². The first kappa shape index (κ1) is 14.2. The normalized spacial score (nSPS) is 13.7. The van der Waals surface area contributed by atoms with Crippen LogP contribution in [0.4, 0.5) is 0 Å². The third-order valence-electron chi connectivity index (χ3n) is 2.73. The first-order valence-corrected chi connectivity index (χ1v) is 6.30. The van der Waals surface area contributed by atoms with Crippen LogP contribution in [0.3, 0.4) is 0 Å². The zero-order valence-electron chi connectivity index (χ0n) is 11.7. The number of likely N-dealkylation sites (N-methyl/N-ethyl adjacent to an activating group) is 1. The van der Waals surface area contributed by atoms with Crippen LogP contribution in [-0.4, -0.2) is 19.2 Å². The summed E-state index contributed by atoms with van der Waals surface area (Å²) in [6, 6.07) is 8.72. The molecule has 0 bridgehead atoms. The van der Waals surface area contributed by atoms with E-state index in [4.69, 9.17) is 4.74 Å². The van der Waals surface area contributed by atoms with Crippen molar-refractivity contribution in [1.82, 2.24) is 5.32 Å². The van der Waals surface area contributed by atoms with E-state index in [9.17, 15) is 0 Å². The number of benzene rings is 1. The number of rotatable bonds is 5. The summed E-state index contributed by atoms with van der Waals surface area (Å²) < 4.78 is 5.75. The third-order valence-corrected chi connectivity index (χ3v) is 2.73. The fourth-order valence-corrected chi connectivity index (χ4v) is 1.67. The molecule has 2 heteroatoms. The molecule has 1 atom stereocenters. The molecule has 96 valence electrons. The molecule has 1 unspecified atom stereocenters. The lowest BCUT2D eigenvalue weighted by Gasteiger charge is -2.19. The molecule has 17 heavy (non-hydrogen) atoms. The quantitative estimate of drug-likeness (QED) is 0.845. The Labute approximate surface area is 105 Å². The van der Waals surface area contributed by atoms with Crippen molar-refractivity contribution in [3.63, 3.8) is 0 Å². The van der Waals surface area contributed by atoms with Crippen molar-refractivity contribution in [3.05, 3.63) is 35.4 Å². The van der Waals surface area contributed by atoms with Gasteiger partial charge in [-0.2, -0.15) is 0 Å². The minimum Gasteiger partial charge on any atom is -0.371 e. The molecule has 0 saturated heterocycles. The largest absolute Gasteiger partial charge is 0.371 e. The molecule has 0 saturated carbocycles. The molecule has 2 nitrogen and oxygen atoms in total. The molecule has 0 fully saturated rings. The van der Waals surface area contributed by atoms with Crippen LogP contribution in [0, 0.1) is 0 Å². The van der Waals surface area contributed by atoms with Gasteiger partial charge in [-0.05, 0) is 44.9 Å². The van der Waals surface area contributed by atoms with Crippen LogP contribution in [0.25, 0.3) is 0 Å². The summed E-state index contributed by atoms with van der Waals surface area (Å²) in [7, 11) is 1.99. The van der Waals surface area contributed by atoms with Gasteiger partial charge < -0.3 is 10.1 Å². The molecule has 1 aromatic carbocycles. The second-order valence-electron chi connectivity index (χ2n) is 5.60. The summed E-state index contributed by atoms with van der Waals surface area (Å²) in [5.41, 5.74) is 2.54. The summed E-state index contributed by atoms with van der Waals surface area (Å²) >= 11 is 0. The van der Waals surface area contributed by atoms with Crippen molar-refractivity contribution < 1.29 is 4.74 Å². The maximum atomic E-state index is 5.75. The van der Waals surface area contributed by atoms with Gasteiger partial charge in [0, 0.05) is 6.54 Å². The maximum Gasteiger partial charge on any atom is 0.0724 e. The van der Waals surface area contributed by atoms with Gasteiger partial charge in [-0.15, -0.1) is 0 Å². The van der Waals surface area contributed by atoms with Gasteiger partial charge in [-0.1, -0.05) is 31.2 Å². The Balaban J connectivity index is 2.56. The third kappa shape index (κ3) is 5.33. The SMILES string of the molecule is CNCC(C)c1ccc(COC(C)(C)C)cc1. The van der Waals surface area contributed by atoms with E-state index in [1.54, 1.807) is 0 Å². The highest BCUT2D eigenvalue weighted by atomic mass is 16.5. The van der Waals surface area contributed by atoms with Crippen LogP contribution in [0.1, 0.15) is 44.7 Å². The molecule has 0 aliphatic heterocycles. The van der Waals surface area contributed by atoms with Crippen LogP contribution < -0.4 is 5.32 Å². The molecular formula is C15H25NO. The van der Waals surface area contributed by atoms with E-state index in [1.165, 1.54) is 11.1 Å². The first-order chi connectivity index (χ1) is 7.92. The summed E-state index contributed by atoms with van der Waals surface area (Å²) in [4.78, 5) is 0. The fraction of sp³-hybridized carbons (Fsp3) is 0.600. The molecule has 0 spiro atoms. The van der Waals surface area contributed by atoms with E-state index >= 15 is 0 Å². The zero-order chi connectivity index (χ0) is 12.9. The van der Waals surface area contributed by atoms with Crippen LogP contribution in [-0.2, 0) is 11.3 Å². The Morgan fingerprint density at radius 2 is 1.76 bits per heavy atom. The monoisotopic (exact) mass is 235 g/mol. The highest BCUT2D eigenvalue weighted by Crippen LogP contribution is 2.17. The van der Waals surface area contributed by atoms with E-state index in [0.29, 0.717) is 12.5 Å². The Kier molecular flexibility index (Phi) is 5.16. The molecule has 0 heterocycles. The van der Waals surface area contributed by atoms with Gasteiger partial charge >= 0.3 is 0 Å². The maximum absolute atomic E-state index is 5.75. The topological polar surface area (TPSA) is 21.3 Å². The molecule has 0 aromatic heterocycles. The molecule has 0 amide bonds. The number of ether oxygens (including phenoxy) is 1. The van der Waals surface area contributed by atoms with Crippen LogP contribution >= 0.6 is 0 Å². The second kappa shape index (κ2) is 6.18. The van der Waals surface area contributed by atoms with Gasteiger partial charge in [-0.3, -0.25) is 0 Å². The predicted octanol–water partition coefficient (Wildman–Crippen LogP) is 3.32. The minimum atomic E-state index is -0.0713. The molecule has 0 aliphatic carbocycles. The number of nitrogens with one attached hydrogen (secondary N) is 1. The van der Waals surface area contributed by atoms with Crippen LogP contribution in [0.15, 0.2) is 24.3 Å². The molecule has 1 aromatic rings. The van der Waals surface area contributed by atoms with Crippen molar-refractivity contribution in [2.75, 3.05) is 13.6 Å². The van der Waals surface area contributed by atoms with E-state index in [-0.39, 0.29) is 5.60 Å². The second-order valence-corrected chi connectivity index (χ2v) is 5.60. The van der Waals surface area contributed by atoms with Gasteiger partial charge in [0.2, 0.25) is 0 Å². The van der Waals surface area contributed by atoms with Crippen molar-refractivity contribution in [2.24, 2.45) is 0 Å². The smallest absolute Gasteiger partial charge is 0.0724 e. The Bertz CT molecular complexity index is 324. The standard InChI is InChI=1S/C15H25NO/c1-12(10-16-5)14-8-6-13(7-9-14)11-17-15(2,3)4/h6-9,12,16H,10-11H2,1-5H3. The zero-order valence-corrected chi connectivity index (χ0v) is 11.7. The predicted molar refractivity (Wildman–Crippen MR) is 73.3 cm³/mol. The highest BCUT2D eigenvalue weighted by Gasteiger charge is 2.10. The molecule has 0 radical (unpaired) electrons. The highest BCUT2D eigenvalue weighted by molar-refractivity contribution is 5.24. The average Bonchev–Trinajstić information content (AvgIpc) is 2.26. The summed E-state index contributed by atoms with van der Waals surface area (Å²) in [6.07, 6.45) is 0. The average molecular weight is 235 g/mol. The van der Waals surface area contributed by atoms with Crippen molar-refractivity contribution >= 4 is 0 Å². The summed E-state index contributed by atoms with van der Waals surface area (Å²) in [5, 5.41) is 3.20. The van der Waals surface area contributed by atoms with Gasteiger partial charge in [-0.25, -0.2) is 0 Å². The number of hydrogen-bond acceptors (Lipinski definition) is 2. The van der Waals surface area contributed by atoms with Crippen molar-refractivity contribution in [2.45, 2.75) is 45.8 Å². The van der Waals surface area contributed by atoms with Crippen LogP contribution in [0.5, 0.6) is 0 Å². The first-order valence-electron chi connectivity index (χ1n) is 6.30. The molecule has 1 N–H and O–H groups in total. The van der Waals surface area contributed by atoms with Crippen LogP contribution in [0.2, 0.25) is 0 Å². The summed E-state index contributed by atoms with van der Waals surface area (Å²) in [6.45, 7) is 10.2. The van der Waals surface area contributed by atoms with E-state index in [0.717, 1.165) is 6.54 Å². The lowest BCUT2D eigenvalue weighted by Crippen LogP contribution is -2.18. The number of hydrogen-bond donors (Lipinski definition) is 1. The Hall–Kier alpha value is -0.860. The van der Waals surface area contributed by atoms with Crippen molar-refractivity contribution in [1.29, 1.82) is 0 Å². The molecule has 1 rings (SSSR count). The molecular weight excluding hydrogens is 210 g/mol. The van der Waals surface area contributed by atoms with E-state index < -0.39 is 0 Å². The van der Waals surface area contributed by atoms with Gasteiger partial charge in [0.15, 0.2) is 0 Å². The van der Waals surface area contributed by atoms with Gasteiger partial charge in [0.1, 0.15) is 0 Å². The lowest BCUT2D eigenvalue weighted by molar-refractivity contribution is -0.0149. The Morgan fingerprint density at radius 1 is 1.18 bits per heavy atom.